The molecule has 1 nitrogen and oxygen atoms in total. The number of rotatable bonds is 10. The molecule has 0 spiro atoms. The van der Waals surface area contributed by atoms with Crippen molar-refractivity contribution in [2.75, 3.05) is 37.1 Å². The van der Waals surface area contributed by atoms with Gasteiger partial charge in [-0.2, -0.15) is 23.5 Å². The molecule has 0 radical (unpaired) electrons. The minimum Gasteiger partial charge on any atom is -0.316 e. The molecule has 0 rings (SSSR count). The van der Waals surface area contributed by atoms with Gasteiger partial charge in [0.1, 0.15) is 0 Å². The fraction of sp³-hybridized carbons (Fsp3) is 1.00. The van der Waals surface area contributed by atoms with Crippen LogP contribution >= 0.6 is 23.5 Å². The van der Waals surface area contributed by atoms with Crippen LogP contribution in [-0.2, 0) is 0 Å². The Bertz CT molecular complexity index is 79.0. The van der Waals surface area contributed by atoms with E-state index in [0.29, 0.717) is 0 Å². The van der Waals surface area contributed by atoms with Crippen LogP contribution in [0.2, 0.25) is 0 Å². The zero-order chi connectivity index (χ0) is 9.78. The second kappa shape index (κ2) is 12.7. The molecule has 0 aromatic rings. The van der Waals surface area contributed by atoms with E-state index in [4.69, 9.17) is 0 Å². The first-order valence-corrected chi connectivity index (χ1v) is 7.89. The smallest absolute Gasteiger partial charge is 0.00553 e. The fourth-order valence-corrected chi connectivity index (χ4v) is 1.99. The van der Waals surface area contributed by atoms with E-state index in [2.05, 4.69) is 17.8 Å². The molecule has 0 aromatic heterocycles. The summed E-state index contributed by atoms with van der Waals surface area (Å²) in [5, 5.41) is 3.45. The molecule has 1 N–H and O–H groups in total. The molecule has 0 heterocycles. The highest BCUT2D eigenvalue weighted by molar-refractivity contribution is 7.98. The molecule has 0 saturated heterocycles. The molecule has 13 heavy (non-hydrogen) atoms. The van der Waals surface area contributed by atoms with Gasteiger partial charge in [-0.3, -0.25) is 0 Å². The van der Waals surface area contributed by atoms with Gasteiger partial charge in [0, 0.05) is 12.3 Å². The van der Waals surface area contributed by atoms with E-state index in [1.807, 2.05) is 23.5 Å². The molecule has 0 aliphatic carbocycles. The summed E-state index contributed by atoms with van der Waals surface area (Å²) in [5.74, 6) is 2.58. The average Bonchev–Trinajstić information content (AvgIpc) is 2.16. The third-order valence-corrected chi connectivity index (χ3v) is 3.24. The second-order valence-corrected chi connectivity index (χ2v) is 5.12. The number of unbranched alkanes of at least 4 members (excludes halogenated alkanes) is 3. The lowest BCUT2D eigenvalue weighted by molar-refractivity contribution is 0.614. The van der Waals surface area contributed by atoms with Crippen LogP contribution in [0.25, 0.3) is 0 Å². The third kappa shape index (κ3) is 12.7. The molecular formula is C10H23NS2. The van der Waals surface area contributed by atoms with Crippen molar-refractivity contribution in [1.29, 1.82) is 0 Å². The van der Waals surface area contributed by atoms with E-state index in [1.165, 1.54) is 50.3 Å². The Morgan fingerprint density at radius 1 is 0.769 bits per heavy atom. The SMILES string of the molecule is CSCCCCCCNCCSC. The molecule has 0 aliphatic heterocycles. The maximum Gasteiger partial charge on any atom is 0.00553 e. The summed E-state index contributed by atoms with van der Waals surface area (Å²) in [7, 11) is 0. The number of hydrogen-bond acceptors (Lipinski definition) is 3. The van der Waals surface area contributed by atoms with Crippen LogP contribution in [0.5, 0.6) is 0 Å². The summed E-state index contributed by atoms with van der Waals surface area (Å²) < 4.78 is 0. The Labute approximate surface area is 91.8 Å². The van der Waals surface area contributed by atoms with E-state index >= 15 is 0 Å². The number of thioether (sulfide) groups is 2. The highest BCUT2D eigenvalue weighted by Gasteiger charge is 1.89. The fourth-order valence-electron chi connectivity index (χ4n) is 1.15. The first kappa shape index (κ1) is 13.7. The highest BCUT2D eigenvalue weighted by Crippen LogP contribution is 2.03. The molecule has 0 amide bonds. The first-order valence-electron chi connectivity index (χ1n) is 5.10. The Hall–Kier alpha value is 0.660. The van der Waals surface area contributed by atoms with E-state index < -0.39 is 0 Å². The van der Waals surface area contributed by atoms with Crippen LogP contribution in [0, 0.1) is 0 Å². The van der Waals surface area contributed by atoms with Gasteiger partial charge in [-0.1, -0.05) is 12.8 Å². The molecule has 0 atom stereocenters. The largest absolute Gasteiger partial charge is 0.316 e. The van der Waals surface area contributed by atoms with Crippen molar-refractivity contribution in [3.63, 3.8) is 0 Å². The summed E-state index contributed by atoms with van der Waals surface area (Å²) >= 11 is 3.87. The second-order valence-electron chi connectivity index (χ2n) is 3.15. The highest BCUT2D eigenvalue weighted by atomic mass is 32.2. The lowest BCUT2D eigenvalue weighted by Gasteiger charge is -2.03. The Kier molecular flexibility index (Phi) is 13.3. The van der Waals surface area contributed by atoms with Crippen molar-refractivity contribution >= 4 is 23.5 Å². The van der Waals surface area contributed by atoms with Gasteiger partial charge in [-0.25, -0.2) is 0 Å². The van der Waals surface area contributed by atoms with Gasteiger partial charge in [-0.15, -0.1) is 0 Å². The van der Waals surface area contributed by atoms with E-state index in [1.54, 1.807) is 0 Å². The quantitative estimate of drug-likeness (QED) is 0.570. The zero-order valence-corrected chi connectivity index (χ0v) is 10.6. The van der Waals surface area contributed by atoms with Gasteiger partial charge >= 0.3 is 0 Å². The molecule has 3 heteroatoms. The normalized spacial score (nSPS) is 10.6. The molecule has 0 saturated carbocycles. The summed E-state index contributed by atoms with van der Waals surface area (Å²) in [6.45, 7) is 2.38. The summed E-state index contributed by atoms with van der Waals surface area (Å²) in [6, 6.07) is 0. The summed E-state index contributed by atoms with van der Waals surface area (Å²) in [4.78, 5) is 0. The van der Waals surface area contributed by atoms with Crippen LogP contribution in [0.4, 0.5) is 0 Å². The predicted molar refractivity (Wildman–Crippen MR) is 68.1 cm³/mol. The first-order chi connectivity index (χ1) is 6.41. The van der Waals surface area contributed by atoms with Gasteiger partial charge < -0.3 is 5.32 Å². The Balaban J connectivity index is 2.76. The van der Waals surface area contributed by atoms with Crippen LogP contribution in [-0.4, -0.2) is 37.1 Å². The van der Waals surface area contributed by atoms with Gasteiger partial charge in [0.15, 0.2) is 0 Å². The van der Waals surface area contributed by atoms with Gasteiger partial charge in [0.05, 0.1) is 0 Å². The molecule has 0 aromatic carbocycles. The van der Waals surface area contributed by atoms with E-state index in [0.717, 1.165) is 0 Å². The monoisotopic (exact) mass is 221 g/mol. The van der Waals surface area contributed by atoms with Crippen LogP contribution in [0.15, 0.2) is 0 Å². The minimum absolute atomic E-state index is 1.17. The molecule has 0 aliphatic rings. The molecule has 80 valence electrons. The van der Waals surface area contributed by atoms with Crippen molar-refractivity contribution in [3.05, 3.63) is 0 Å². The van der Waals surface area contributed by atoms with Crippen molar-refractivity contribution in [2.45, 2.75) is 25.7 Å². The average molecular weight is 221 g/mol. The lowest BCUT2D eigenvalue weighted by Crippen LogP contribution is -2.18. The molecule has 0 fully saturated rings. The molecule has 0 bridgehead atoms. The Morgan fingerprint density at radius 3 is 2.15 bits per heavy atom. The molecule has 0 unspecified atom stereocenters. The predicted octanol–water partition coefficient (Wildman–Crippen LogP) is 2.86. The maximum atomic E-state index is 3.45. The summed E-state index contributed by atoms with van der Waals surface area (Å²) in [5.41, 5.74) is 0. The van der Waals surface area contributed by atoms with Crippen molar-refractivity contribution in [3.8, 4) is 0 Å². The van der Waals surface area contributed by atoms with Crippen molar-refractivity contribution in [2.24, 2.45) is 0 Å². The number of hydrogen-bond donors (Lipinski definition) is 1. The third-order valence-electron chi connectivity index (χ3n) is 1.93. The van der Waals surface area contributed by atoms with Crippen LogP contribution < -0.4 is 5.32 Å². The van der Waals surface area contributed by atoms with E-state index in [-0.39, 0.29) is 0 Å². The maximum absolute atomic E-state index is 3.45. The van der Waals surface area contributed by atoms with Crippen LogP contribution in [0.3, 0.4) is 0 Å². The van der Waals surface area contributed by atoms with Gasteiger partial charge in [0.25, 0.3) is 0 Å². The van der Waals surface area contributed by atoms with Crippen molar-refractivity contribution in [1.82, 2.24) is 5.32 Å². The molecular weight excluding hydrogens is 198 g/mol. The van der Waals surface area contributed by atoms with E-state index in [9.17, 15) is 0 Å². The number of nitrogens with one attached hydrogen (secondary N) is 1. The van der Waals surface area contributed by atoms with Crippen molar-refractivity contribution < 1.29 is 0 Å². The standard InChI is InChI=1S/C10H23NS2/c1-12-9-6-4-3-5-7-11-8-10-13-2/h11H,3-10H2,1-2H3. The summed E-state index contributed by atoms with van der Waals surface area (Å²) in [6.07, 6.45) is 9.89. The van der Waals surface area contributed by atoms with Crippen LogP contribution in [0.1, 0.15) is 25.7 Å². The topological polar surface area (TPSA) is 12.0 Å². The minimum atomic E-state index is 1.17. The van der Waals surface area contributed by atoms with Gasteiger partial charge in [-0.05, 0) is 37.7 Å². The zero-order valence-electron chi connectivity index (χ0n) is 8.97. The Morgan fingerprint density at radius 2 is 1.46 bits per heavy atom. The lowest BCUT2D eigenvalue weighted by atomic mass is 10.2. The van der Waals surface area contributed by atoms with Gasteiger partial charge in [0.2, 0.25) is 0 Å².